The molecule has 1 aliphatic heterocycles. The van der Waals surface area contributed by atoms with Crippen molar-refractivity contribution in [2.24, 2.45) is 0 Å². The summed E-state index contributed by atoms with van der Waals surface area (Å²) in [7, 11) is 0. The number of nitrogens with zero attached hydrogens (tertiary/aromatic N) is 3. The zero-order valence-corrected chi connectivity index (χ0v) is 16.7. The van der Waals surface area contributed by atoms with Crippen LogP contribution in [-0.2, 0) is 4.79 Å². The third kappa shape index (κ3) is 4.83. The molecular formula is C20H28N4OS. The topological polar surface area (TPSA) is 48.5 Å². The molecule has 0 aliphatic carbocycles. The van der Waals surface area contributed by atoms with E-state index >= 15 is 0 Å². The fraction of sp³-hybridized carbons (Fsp3) is 0.500. The lowest BCUT2D eigenvalue weighted by atomic mass is 9.99. The Balaban J connectivity index is 1.45. The molecule has 1 saturated heterocycles. The Morgan fingerprint density at radius 1 is 1.23 bits per heavy atom. The van der Waals surface area contributed by atoms with Gasteiger partial charge in [0.2, 0.25) is 5.91 Å². The summed E-state index contributed by atoms with van der Waals surface area (Å²) in [5.74, 6) is 0.609. The van der Waals surface area contributed by atoms with Crippen molar-refractivity contribution in [3.63, 3.8) is 0 Å². The number of benzene rings is 1. The minimum absolute atomic E-state index is 0.0554. The van der Waals surface area contributed by atoms with Gasteiger partial charge in [0.25, 0.3) is 0 Å². The molecule has 1 aliphatic rings. The maximum Gasteiger partial charge on any atom is 0.238 e. The van der Waals surface area contributed by atoms with Gasteiger partial charge in [-0.25, -0.2) is 4.98 Å². The average molecular weight is 373 g/mol. The van der Waals surface area contributed by atoms with E-state index in [4.69, 9.17) is 0 Å². The molecular weight excluding hydrogens is 344 g/mol. The normalized spacial score (nSPS) is 16.5. The van der Waals surface area contributed by atoms with Crippen molar-refractivity contribution in [1.29, 1.82) is 0 Å². The van der Waals surface area contributed by atoms with Crippen LogP contribution >= 0.6 is 11.3 Å². The van der Waals surface area contributed by atoms with E-state index in [0.717, 1.165) is 49.1 Å². The molecule has 3 rings (SSSR count). The molecule has 0 saturated carbocycles. The lowest BCUT2D eigenvalue weighted by Crippen LogP contribution is -2.48. The van der Waals surface area contributed by atoms with Crippen LogP contribution in [0.15, 0.2) is 29.6 Å². The van der Waals surface area contributed by atoms with Crippen molar-refractivity contribution in [2.45, 2.75) is 33.1 Å². The average Bonchev–Trinajstić information content (AvgIpc) is 3.08. The van der Waals surface area contributed by atoms with Crippen molar-refractivity contribution >= 4 is 28.1 Å². The number of aromatic nitrogens is 1. The quantitative estimate of drug-likeness (QED) is 0.839. The molecule has 26 heavy (non-hydrogen) atoms. The van der Waals surface area contributed by atoms with Crippen LogP contribution in [0.3, 0.4) is 0 Å². The first-order valence-corrected chi connectivity index (χ1v) is 10.2. The molecule has 2 heterocycles. The number of thiazole rings is 1. The monoisotopic (exact) mass is 372 g/mol. The van der Waals surface area contributed by atoms with Gasteiger partial charge in [-0.3, -0.25) is 9.69 Å². The van der Waals surface area contributed by atoms with Crippen molar-refractivity contribution in [3.8, 4) is 0 Å². The SMILES string of the molecule is CCC(C)c1ccc(NC(=O)CN2CCN(c3nc(C)cs3)CC2)cc1. The van der Waals surface area contributed by atoms with Crippen LogP contribution in [0.5, 0.6) is 0 Å². The smallest absolute Gasteiger partial charge is 0.238 e. The number of amides is 1. The fourth-order valence-corrected chi connectivity index (χ4v) is 3.98. The Bertz CT molecular complexity index is 720. The summed E-state index contributed by atoms with van der Waals surface area (Å²) in [6, 6.07) is 8.22. The summed E-state index contributed by atoms with van der Waals surface area (Å²) in [5.41, 5.74) is 3.27. The van der Waals surface area contributed by atoms with E-state index in [1.54, 1.807) is 11.3 Å². The predicted octanol–water partition coefficient (Wildman–Crippen LogP) is 3.73. The highest BCUT2D eigenvalue weighted by Gasteiger charge is 2.20. The summed E-state index contributed by atoms with van der Waals surface area (Å²) in [6.45, 7) is 10.5. The molecule has 1 aromatic heterocycles. The molecule has 6 heteroatoms. The van der Waals surface area contributed by atoms with Crippen LogP contribution in [0.1, 0.15) is 37.4 Å². The molecule has 1 unspecified atom stereocenters. The number of rotatable bonds is 6. The number of carbonyl (C=O) groups excluding carboxylic acids is 1. The van der Waals surface area contributed by atoms with Crippen molar-refractivity contribution in [1.82, 2.24) is 9.88 Å². The molecule has 2 aromatic rings. The molecule has 1 fully saturated rings. The first-order valence-electron chi connectivity index (χ1n) is 9.34. The van der Waals surface area contributed by atoms with Gasteiger partial charge < -0.3 is 10.2 Å². The highest BCUT2D eigenvalue weighted by atomic mass is 32.1. The maximum absolute atomic E-state index is 12.3. The van der Waals surface area contributed by atoms with E-state index in [1.165, 1.54) is 5.56 Å². The first kappa shape index (κ1) is 18.9. The van der Waals surface area contributed by atoms with Crippen LogP contribution in [-0.4, -0.2) is 48.5 Å². The van der Waals surface area contributed by atoms with E-state index in [2.05, 4.69) is 51.5 Å². The van der Waals surface area contributed by atoms with Gasteiger partial charge in [0.1, 0.15) is 0 Å². The second-order valence-electron chi connectivity index (χ2n) is 7.01. The number of anilines is 2. The van der Waals surface area contributed by atoms with Gasteiger partial charge in [0.05, 0.1) is 12.2 Å². The molecule has 1 N–H and O–H groups in total. The summed E-state index contributed by atoms with van der Waals surface area (Å²) in [6.07, 6.45) is 1.12. The van der Waals surface area contributed by atoms with Crippen LogP contribution in [0.4, 0.5) is 10.8 Å². The molecule has 0 spiro atoms. The van der Waals surface area contributed by atoms with Gasteiger partial charge in [0, 0.05) is 37.2 Å². The van der Waals surface area contributed by atoms with Crippen LogP contribution in [0, 0.1) is 6.92 Å². The summed E-state index contributed by atoms with van der Waals surface area (Å²) >= 11 is 1.69. The third-order valence-electron chi connectivity index (χ3n) is 4.99. The molecule has 0 radical (unpaired) electrons. The highest BCUT2D eigenvalue weighted by molar-refractivity contribution is 7.13. The molecule has 1 amide bonds. The van der Waals surface area contributed by atoms with Crippen molar-refractivity contribution in [3.05, 3.63) is 40.9 Å². The molecule has 0 bridgehead atoms. The first-order chi connectivity index (χ1) is 12.5. The van der Waals surface area contributed by atoms with E-state index in [0.29, 0.717) is 12.5 Å². The van der Waals surface area contributed by atoms with E-state index in [-0.39, 0.29) is 5.91 Å². The minimum Gasteiger partial charge on any atom is -0.346 e. The Hall–Kier alpha value is -1.92. The number of aryl methyl sites for hydroxylation is 1. The van der Waals surface area contributed by atoms with Gasteiger partial charge in [-0.05, 0) is 37.0 Å². The van der Waals surface area contributed by atoms with Crippen LogP contribution in [0.25, 0.3) is 0 Å². The number of nitrogens with one attached hydrogen (secondary N) is 1. The van der Waals surface area contributed by atoms with Gasteiger partial charge in [-0.2, -0.15) is 0 Å². The van der Waals surface area contributed by atoms with E-state index in [1.807, 2.05) is 19.1 Å². The Morgan fingerprint density at radius 2 is 1.92 bits per heavy atom. The zero-order chi connectivity index (χ0) is 18.5. The zero-order valence-electron chi connectivity index (χ0n) is 15.9. The fourth-order valence-electron chi connectivity index (χ4n) is 3.12. The van der Waals surface area contributed by atoms with Crippen LogP contribution < -0.4 is 10.2 Å². The number of piperazine rings is 1. The van der Waals surface area contributed by atoms with Crippen molar-refractivity contribution < 1.29 is 4.79 Å². The molecule has 5 nitrogen and oxygen atoms in total. The lowest BCUT2D eigenvalue weighted by molar-refractivity contribution is -0.117. The number of hydrogen-bond acceptors (Lipinski definition) is 5. The van der Waals surface area contributed by atoms with Gasteiger partial charge in [-0.15, -0.1) is 11.3 Å². The Kier molecular flexibility index (Phi) is 6.27. The summed E-state index contributed by atoms with van der Waals surface area (Å²) in [4.78, 5) is 21.4. The second kappa shape index (κ2) is 8.64. The van der Waals surface area contributed by atoms with Crippen LogP contribution in [0.2, 0.25) is 0 Å². The summed E-state index contributed by atoms with van der Waals surface area (Å²) < 4.78 is 0. The van der Waals surface area contributed by atoms with Gasteiger partial charge in [0.15, 0.2) is 5.13 Å². The molecule has 1 atom stereocenters. The minimum atomic E-state index is 0.0554. The third-order valence-corrected chi connectivity index (χ3v) is 6.01. The Morgan fingerprint density at radius 3 is 2.50 bits per heavy atom. The largest absolute Gasteiger partial charge is 0.346 e. The standard InChI is InChI=1S/C20H28N4OS/c1-4-15(2)17-5-7-18(8-6-17)22-19(25)13-23-9-11-24(12-10-23)20-21-16(3)14-26-20/h5-8,14-15H,4,9-13H2,1-3H3,(H,22,25). The Labute approximate surface area is 160 Å². The molecule has 140 valence electrons. The number of carbonyl (C=O) groups is 1. The number of hydrogen-bond donors (Lipinski definition) is 1. The maximum atomic E-state index is 12.3. The van der Waals surface area contributed by atoms with E-state index < -0.39 is 0 Å². The summed E-state index contributed by atoms with van der Waals surface area (Å²) in [5, 5.41) is 6.19. The van der Waals surface area contributed by atoms with Gasteiger partial charge in [-0.1, -0.05) is 26.0 Å². The highest BCUT2D eigenvalue weighted by Crippen LogP contribution is 2.22. The lowest BCUT2D eigenvalue weighted by Gasteiger charge is -2.34. The van der Waals surface area contributed by atoms with Crippen molar-refractivity contribution in [2.75, 3.05) is 42.9 Å². The molecule has 1 aromatic carbocycles. The van der Waals surface area contributed by atoms with Gasteiger partial charge >= 0.3 is 0 Å². The van der Waals surface area contributed by atoms with E-state index in [9.17, 15) is 4.79 Å². The second-order valence-corrected chi connectivity index (χ2v) is 7.85. The predicted molar refractivity (Wildman–Crippen MR) is 109 cm³/mol.